The minimum absolute atomic E-state index is 0.110. The van der Waals surface area contributed by atoms with Crippen LogP contribution in [0.2, 0.25) is 19.6 Å². The predicted molar refractivity (Wildman–Crippen MR) is 127 cm³/mol. The zero-order valence-electron chi connectivity index (χ0n) is 18.9. The Morgan fingerprint density at radius 2 is 1.62 bits per heavy atom. The number of hydrogen-bond acceptors (Lipinski definition) is 4. The van der Waals surface area contributed by atoms with Crippen LogP contribution in [0.3, 0.4) is 0 Å². The number of carbonyl (C=O) groups is 3. The van der Waals surface area contributed by atoms with E-state index >= 15 is 0 Å². The first-order valence-electron chi connectivity index (χ1n) is 10.8. The van der Waals surface area contributed by atoms with Gasteiger partial charge in [0.2, 0.25) is 11.8 Å². The molecule has 1 fully saturated rings. The lowest BCUT2D eigenvalue weighted by Crippen LogP contribution is -2.40. The summed E-state index contributed by atoms with van der Waals surface area (Å²) in [6.45, 7) is 8.69. The Morgan fingerprint density at radius 1 is 1.03 bits per heavy atom. The summed E-state index contributed by atoms with van der Waals surface area (Å²) in [6, 6.07) is 13.8. The molecule has 4 N–H and O–H groups in total. The van der Waals surface area contributed by atoms with E-state index in [0.717, 1.165) is 0 Å². The van der Waals surface area contributed by atoms with E-state index < -0.39 is 26.1 Å². The van der Waals surface area contributed by atoms with Crippen LogP contribution < -0.4 is 21.1 Å². The van der Waals surface area contributed by atoms with Crippen LogP contribution in [0.25, 0.3) is 0 Å². The Balaban J connectivity index is 1.81. The van der Waals surface area contributed by atoms with Gasteiger partial charge in [-0.3, -0.25) is 14.4 Å². The molecule has 3 amide bonds. The van der Waals surface area contributed by atoms with Crippen molar-refractivity contribution >= 4 is 36.7 Å². The maximum Gasteiger partial charge on any atom is 0.251 e. The quantitative estimate of drug-likeness (QED) is 0.482. The average Bonchev–Trinajstić information content (AvgIpc) is 3.18. The summed E-state index contributed by atoms with van der Waals surface area (Å²) in [6.07, 6.45) is -0.523. The van der Waals surface area contributed by atoms with Crippen molar-refractivity contribution in [1.29, 1.82) is 0 Å². The zero-order valence-corrected chi connectivity index (χ0v) is 19.9. The van der Waals surface area contributed by atoms with E-state index in [1.807, 2.05) is 24.3 Å². The zero-order chi connectivity index (χ0) is 23.5. The Labute approximate surface area is 189 Å². The van der Waals surface area contributed by atoms with Crippen LogP contribution >= 0.6 is 0 Å². The highest BCUT2D eigenvalue weighted by atomic mass is 28.3. The van der Waals surface area contributed by atoms with Crippen molar-refractivity contribution < 1.29 is 19.5 Å². The van der Waals surface area contributed by atoms with Gasteiger partial charge in [-0.05, 0) is 30.2 Å². The fourth-order valence-electron chi connectivity index (χ4n) is 3.59. The van der Waals surface area contributed by atoms with Crippen LogP contribution in [-0.2, 0) is 14.4 Å². The van der Waals surface area contributed by atoms with Gasteiger partial charge >= 0.3 is 0 Å². The molecule has 0 radical (unpaired) electrons. The third-order valence-corrected chi connectivity index (χ3v) is 7.73. The van der Waals surface area contributed by atoms with Crippen molar-refractivity contribution in [2.45, 2.75) is 45.1 Å². The highest BCUT2D eigenvalue weighted by molar-refractivity contribution is 6.88. The summed E-state index contributed by atoms with van der Waals surface area (Å²) in [5.41, 5.74) is 1.96. The fraction of sp³-hybridized carbons (Fsp3) is 0.375. The lowest BCUT2D eigenvalue weighted by atomic mass is 10.0. The minimum Gasteiger partial charge on any atom is -0.389 e. The molecule has 0 aliphatic carbocycles. The first kappa shape index (κ1) is 23.7. The van der Waals surface area contributed by atoms with Crippen molar-refractivity contribution in [3.63, 3.8) is 0 Å². The monoisotopic (exact) mass is 453 g/mol. The second-order valence-electron chi connectivity index (χ2n) is 9.31. The highest BCUT2D eigenvalue weighted by Crippen LogP contribution is 2.21. The second kappa shape index (κ2) is 9.66. The molecule has 2 aromatic carbocycles. The van der Waals surface area contributed by atoms with Crippen molar-refractivity contribution in [1.82, 2.24) is 10.6 Å². The molecule has 1 aliphatic heterocycles. The summed E-state index contributed by atoms with van der Waals surface area (Å²) in [7, 11) is -1.45. The van der Waals surface area contributed by atoms with E-state index in [1.54, 1.807) is 31.2 Å². The molecule has 1 saturated heterocycles. The third kappa shape index (κ3) is 5.83. The normalized spacial score (nSPS) is 17.9. The van der Waals surface area contributed by atoms with Crippen LogP contribution in [-0.4, -0.2) is 37.4 Å². The molecule has 170 valence electrons. The molecule has 3 rings (SSSR count). The Kier molecular flexibility index (Phi) is 7.15. The lowest BCUT2D eigenvalue weighted by Gasteiger charge is -2.22. The smallest absolute Gasteiger partial charge is 0.251 e. The van der Waals surface area contributed by atoms with Gasteiger partial charge in [-0.1, -0.05) is 61.2 Å². The molecular weight excluding hydrogens is 422 g/mol. The largest absolute Gasteiger partial charge is 0.389 e. The van der Waals surface area contributed by atoms with E-state index in [2.05, 4.69) is 35.6 Å². The van der Waals surface area contributed by atoms with Gasteiger partial charge in [0.05, 0.1) is 20.1 Å². The highest BCUT2D eigenvalue weighted by Gasteiger charge is 2.31. The van der Waals surface area contributed by atoms with Crippen LogP contribution in [0.15, 0.2) is 48.5 Å². The molecule has 32 heavy (non-hydrogen) atoms. The number of benzene rings is 2. The molecule has 1 aliphatic rings. The molecule has 1 heterocycles. The van der Waals surface area contributed by atoms with Gasteiger partial charge in [0.15, 0.2) is 0 Å². The van der Waals surface area contributed by atoms with Crippen molar-refractivity contribution in [2.75, 3.05) is 11.9 Å². The number of carbonyl (C=O) groups excluding carboxylic acids is 3. The molecule has 3 atom stereocenters. The van der Waals surface area contributed by atoms with Crippen molar-refractivity contribution in [3.8, 4) is 0 Å². The molecule has 7 nitrogen and oxygen atoms in total. The maximum atomic E-state index is 13.2. The number of rotatable bonds is 7. The summed E-state index contributed by atoms with van der Waals surface area (Å²) < 4.78 is 0. The van der Waals surface area contributed by atoms with Crippen LogP contribution in [0.1, 0.15) is 36.6 Å². The van der Waals surface area contributed by atoms with Crippen molar-refractivity contribution in [2.24, 2.45) is 5.92 Å². The van der Waals surface area contributed by atoms with Gasteiger partial charge in [0, 0.05) is 18.7 Å². The van der Waals surface area contributed by atoms with E-state index in [9.17, 15) is 19.5 Å². The van der Waals surface area contributed by atoms with Crippen molar-refractivity contribution in [3.05, 3.63) is 59.7 Å². The first-order chi connectivity index (χ1) is 15.0. The van der Waals surface area contributed by atoms with E-state index in [1.165, 1.54) is 5.19 Å². The number of amides is 3. The Hall–Kier alpha value is -2.97. The minimum atomic E-state index is -1.45. The summed E-state index contributed by atoms with van der Waals surface area (Å²) >= 11 is 0. The third-order valence-electron chi connectivity index (χ3n) is 5.67. The topological polar surface area (TPSA) is 108 Å². The predicted octanol–water partition coefficient (Wildman–Crippen LogP) is 2.22. The van der Waals surface area contributed by atoms with Gasteiger partial charge in [0.1, 0.15) is 6.04 Å². The van der Waals surface area contributed by atoms with Crippen LogP contribution in [0, 0.1) is 5.92 Å². The number of hydrogen-bond donors (Lipinski definition) is 4. The van der Waals surface area contributed by atoms with Crippen LogP contribution in [0.4, 0.5) is 5.69 Å². The van der Waals surface area contributed by atoms with Gasteiger partial charge in [-0.15, -0.1) is 0 Å². The number of anilines is 1. The van der Waals surface area contributed by atoms with Gasteiger partial charge < -0.3 is 21.1 Å². The van der Waals surface area contributed by atoms with E-state index in [0.29, 0.717) is 16.8 Å². The van der Waals surface area contributed by atoms with Gasteiger partial charge in [-0.2, -0.15) is 0 Å². The standard InChI is InChI=1S/C24H31N3O4Si/c1-15(28)16-5-7-17(8-6-16)22(27-23(30)18-13-21(29)25-14-18)24(31)26-19-9-11-20(12-10-19)32(2,3)4/h5-12,15,18,22,28H,13-14H2,1-4H3,(H,25,29)(H,26,31)(H,27,30). The lowest BCUT2D eigenvalue weighted by molar-refractivity contribution is -0.129. The number of nitrogens with one attached hydrogen (secondary N) is 3. The molecule has 0 spiro atoms. The first-order valence-corrected chi connectivity index (χ1v) is 14.3. The van der Waals surface area contributed by atoms with E-state index in [4.69, 9.17) is 0 Å². The molecule has 8 heteroatoms. The van der Waals surface area contributed by atoms with Gasteiger partial charge in [-0.25, -0.2) is 0 Å². The van der Waals surface area contributed by atoms with E-state index in [-0.39, 0.29) is 30.7 Å². The molecule has 2 aromatic rings. The van der Waals surface area contributed by atoms with Crippen LogP contribution in [0.5, 0.6) is 0 Å². The maximum absolute atomic E-state index is 13.2. The Morgan fingerprint density at radius 3 is 2.12 bits per heavy atom. The summed E-state index contributed by atoms with van der Waals surface area (Å²) in [4.78, 5) is 37.4. The number of aliphatic hydroxyl groups is 1. The fourth-order valence-corrected chi connectivity index (χ4v) is 4.75. The molecule has 0 bridgehead atoms. The molecule has 0 saturated carbocycles. The molecule has 0 aromatic heterocycles. The second-order valence-corrected chi connectivity index (χ2v) is 14.4. The number of aliphatic hydroxyl groups excluding tert-OH is 1. The summed E-state index contributed by atoms with van der Waals surface area (Å²) in [5, 5.41) is 19.4. The SMILES string of the molecule is CC(O)c1ccc(C(NC(=O)C2CNC(=O)C2)C(=O)Nc2ccc([Si](C)(C)C)cc2)cc1. The molecular formula is C24H31N3O4Si. The van der Waals surface area contributed by atoms with Gasteiger partial charge in [0.25, 0.3) is 5.91 Å². The molecule has 3 unspecified atom stereocenters. The Bertz CT molecular complexity index is 982. The average molecular weight is 454 g/mol. The summed E-state index contributed by atoms with van der Waals surface area (Å²) in [5.74, 6) is -1.40.